The minimum Gasteiger partial charge on any atom is -0.310 e. The maximum atomic E-state index is 2.43. The van der Waals surface area contributed by atoms with Gasteiger partial charge in [0.1, 0.15) is 0 Å². The third-order valence-electron chi connectivity index (χ3n) is 9.24. The molecule has 0 spiro atoms. The molecule has 0 saturated heterocycles. The first-order valence-electron chi connectivity index (χ1n) is 16.3. The Labute approximate surface area is 284 Å². The van der Waals surface area contributed by atoms with Gasteiger partial charge in [-0.25, -0.2) is 0 Å². The Morgan fingerprint density at radius 2 is 0.854 bits per heavy atom. The van der Waals surface area contributed by atoms with E-state index in [4.69, 9.17) is 0 Å². The van der Waals surface area contributed by atoms with Crippen LogP contribution in [0.5, 0.6) is 0 Å². The molecule has 2 heteroatoms. The third-order valence-corrected chi connectivity index (χ3v) is 10.4. The molecule has 48 heavy (non-hydrogen) atoms. The van der Waals surface area contributed by atoms with Crippen molar-refractivity contribution in [1.82, 2.24) is 0 Å². The van der Waals surface area contributed by atoms with Gasteiger partial charge >= 0.3 is 0 Å². The molecule has 0 unspecified atom stereocenters. The molecule has 0 bridgehead atoms. The van der Waals surface area contributed by atoms with Gasteiger partial charge in [-0.3, -0.25) is 0 Å². The Hall–Kier alpha value is -5.96. The first-order valence-corrected chi connectivity index (χ1v) is 17.2. The smallest absolute Gasteiger partial charge is 0.0554 e. The van der Waals surface area contributed by atoms with Crippen LogP contribution in [0.15, 0.2) is 188 Å². The lowest BCUT2D eigenvalue weighted by molar-refractivity contribution is 1.30. The molecule has 9 rings (SSSR count). The number of rotatable bonds is 6. The van der Waals surface area contributed by atoms with E-state index in [1.54, 1.807) is 0 Å². The second kappa shape index (κ2) is 12.0. The van der Waals surface area contributed by atoms with Gasteiger partial charge in [0.15, 0.2) is 0 Å². The van der Waals surface area contributed by atoms with Crippen molar-refractivity contribution < 1.29 is 0 Å². The van der Waals surface area contributed by atoms with E-state index >= 15 is 0 Å². The van der Waals surface area contributed by atoms with Crippen molar-refractivity contribution in [2.45, 2.75) is 0 Å². The Balaban J connectivity index is 1.19. The molecule has 1 aromatic heterocycles. The molecule has 1 heterocycles. The summed E-state index contributed by atoms with van der Waals surface area (Å²) in [6, 6.07) is 68.1. The van der Waals surface area contributed by atoms with Crippen LogP contribution in [-0.4, -0.2) is 0 Å². The van der Waals surface area contributed by atoms with Gasteiger partial charge < -0.3 is 4.90 Å². The number of hydrogen-bond acceptors (Lipinski definition) is 2. The molecule has 8 aromatic carbocycles. The van der Waals surface area contributed by atoms with Crippen LogP contribution in [0.25, 0.3) is 64.3 Å². The van der Waals surface area contributed by atoms with Crippen LogP contribution in [0.3, 0.4) is 0 Å². The van der Waals surface area contributed by atoms with E-state index in [1.807, 2.05) is 11.3 Å². The molecule has 0 saturated carbocycles. The molecule has 0 aliphatic carbocycles. The highest BCUT2D eigenvalue weighted by Crippen LogP contribution is 2.46. The summed E-state index contributed by atoms with van der Waals surface area (Å²) in [6.07, 6.45) is 0. The monoisotopic (exact) mass is 629 g/mol. The van der Waals surface area contributed by atoms with Gasteiger partial charge in [-0.1, -0.05) is 140 Å². The van der Waals surface area contributed by atoms with Crippen molar-refractivity contribution in [2.75, 3.05) is 4.90 Å². The lowest BCUT2D eigenvalue weighted by Crippen LogP contribution is -2.10. The highest BCUT2D eigenvalue weighted by Gasteiger charge is 2.19. The first kappa shape index (κ1) is 28.3. The maximum absolute atomic E-state index is 2.43. The van der Waals surface area contributed by atoms with Gasteiger partial charge in [0.25, 0.3) is 0 Å². The van der Waals surface area contributed by atoms with Crippen LogP contribution in [0.2, 0.25) is 0 Å². The van der Waals surface area contributed by atoms with E-state index in [-0.39, 0.29) is 0 Å². The van der Waals surface area contributed by atoms with Gasteiger partial charge in [0, 0.05) is 31.5 Å². The molecule has 1 nitrogen and oxygen atoms in total. The fourth-order valence-electron chi connectivity index (χ4n) is 6.85. The van der Waals surface area contributed by atoms with E-state index in [0.717, 1.165) is 11.4 Å². The SMILES string of the molecule is c1ccc(-c2ccc(-c3ccc(N(c4cccc(-c5ccccc5)c4)c4cccc5sc6cc7ccccc7cc6c45)cc3)cc2)cc1. The number of benzene rings is 8. The highest BCUT2D eigenvalue weighted by atomic mass is 32.1. The van der Waals surface area contributed by atoms with Gasteiger partial charge in [-0.05, 0) is 92.7 Å². The van der Waals surface area contributed by atoms with E-state index in [9.17, 15) is 0 Å². The standard InChI is InChI=1S/C46H31NS/c1-3-11-32(12-4-1)34-21-23-35(24-22-34)36-25-27-40(28-26-36)47(41-18-9-17-37(29-41)33-13-5-2-6-14-33)43-19-10-20-44-46(43)42-30-38-15-7-8-16-39(38)31-45(42)48-44/h1-31H. The first-order chi connectivity index (χ1) is 23.8. The number of anilines is 3. The Kier molecular flexibility index (Phi) is 7.07. The molecule has 0 aliphatic rings. The minimum atomic E-state index is 1.12. The van der Waals surface area contributed by atoms with Crippen molar-refractivity contribution in [1.29, 1.82) is 0 Å². The fourth-order valence-corrected chi connectivity index (χ4v) is 8.01. The van der Waals surface area contributed by atoms with Gasteiger partial charge in [-0.15, -0.1) is 11.3 Å². The quantitative estimate of drug-likeness (QED) is 0.177. The molecule has 0 amide bonds. The zero-order valence-electron chi connectivity index (χ0n) is 26.3. The molecule has 0 aliphatic heterocycles. The summed E-state index contributed by atoms with van der Waals surface area (Å²) in [5, 5.41) is 5.12. The predicted molar refractivity (Wildman–Crippen MR) is 208 cm³/mol. The van der Waals surface area contributed by atoms with E-state index in [2.05, 4.69) is 193 Å². The molecule has 0 atom stereocenters. The van der Waals surface area contributed by atoms with Crippen LogP contribution in [-0.2, 0) is 0 Å². The lowest BCUT2D eigenvalue weighted by atomic mass is 9.99. The molecule has 0 radical (unpaired) electrons. The Bertz CT molecular complexity index is 2530. The number of thiophene rings is 1. The molecular weight excluding hydrogens is 599 g/mol. The maximum Gasteiger partial charge on any atom is 0.0554 e. The summed E-state index contributed by atoms with van der Waals surface area (Å²) in [5.41, 5.74) is 10.7. The summed E-state index contributed by atoms with van der Waals surface area (Å²) < 4.78 is 2.60. The van der Waals surface area contributed by atoms with Crippen LogP contribution >= 0.6 is 11.3 Å². The van der Waals surface area contributed by atoms with E-state index in [0.29, 0.717) is 0 Å². The van der Waals surface area contributed by atoms with Crippen LogP contribution in [0.4, 0.5) is 17.1 Å². The van der Waals surface area contributed by atoms with E-state index < -0.39 is 0 Å². The second-order valence-electron chi connectivity index (χ2n) is 12.2. The van der Waals surface area contributed by atoms with Crippen molar-refractivity contribution in [3.63, 3.8) is 0 Å². The topological polar surface area (TPSA) is 3.24 Å². The largest absolute Gasteiger partial charge is 0.310 e. The summed E-state index contributed by atoms with van der Waals surface area (Å²) in [5.74, 6) is 0. The lowest BCUT2D eigenvalue weighted by Gasteiger charge is -2.27. The summed E-state index contributed by atoms with van der Waals surface area (Å²) in [7, 11) is 0. The van der Waals surface area contributed by atoms with Crippen molar-refractivity contribution in [2.24, 2.45) is 0 Å². The number of hydrogen-bond donors (Lipinski definition) is 0. The van der Waals surface area contributed by atoms with Crippen LogP contribution < -0.4 is 4.90 Å². The second-order valence-corrected chi connectivity index (χ2v) is 13.3. The molecule has 9 aromatic rings. The summed E-state index contributed by atoms with van der Waals surface area (Å²) in [6.45, 7) is 0. The van der Waals surface area contributed by atoms with Crippen LogP contribution in [0.1, 0.15) is 0 Å². The van der Waals surface area contributed by atoms with Crippen molar-refractivity contribution in [3.05, 3.63) is 188 Å². The zero-order valence-corrected chi connectivity index (χ0v) is 27.1. The van der Waals surface area contributed by atoms with Crippen LogP contribution in [0, 0.1) is 0 Å². The summed E-state index contributed by atoms with van der Waals surface area (Å²) >= 11 is 1.87. The third kappa shape index (κ3) is 5.13. The van der Waals surface area contributed by atoms with Crippen molar-refractivity contribution in [3.8, 4) is 33.4 Å². The molecule has 0 N–H and O–H groups in total. The van der Waals surface area contributed by atoms with Crippen molar-refractivity contribution >= 4 is 59.3 Å². The van der Waals surface area contributed by atoms with Gasteiger partial charge in [0.2, 0.25) is 0 Å². The predicted octanol–water partition coefficient (Wildman–Crippen LogP) is 13.7. The zero-order chi connectivity index (χ0) is 31.9. The normalized spacial score (nSPS) is 11.3. The van der Waals surface area contributed by atoms with Gasteiger partial charge in [0.05, 0.1) is 5.69 Å². The number of nitrogens with zero attached hydrogens (tertiary/aromatic N) is 1. The molecular formula is C46H31NS. The fraction of sp³-hybridized carbons (Fsp3) is 0. The van der Waals surface area contributed by atoms with E-state index in [1.165, 1.54) is 70.0 Å². The minimum absolute atomic E-state index is 1.12. The highest BCUT2D eigenvalue weighted by molar-refractivity contribution is 7.26. The Morgan fingerprint density at radius 3 is 1.52 bits per heavy atom. The van der Waals surface area contributed by atoms with Gasteiger partial charge in [-0.2, -0.15) is 0 Å². The average molecular weight is 630 g/mol. The molecule has 0 fully saturated rings. The summed E-state index contributed by atoms with van der Waals surface area (Å²) in [4.78, 5) is 2.43. The Morgan fingerprint density at radius 1 is 0.333 bits per heavy atom. The average Bonchev–Trinajstić information content (AvgIpc) is 3.53. The molecule has 226 valence electrons. The number of fused-ring (bicyclic) bond motifs is 4.